The number of ether oxygens (including phenoxy) is 1. The molecule has 0 bridgehead atoms. The number of nitrogens with one attached hydrogen (secondary N) is 1. The number of phenolic OH excluding ortho intramolecular Hbond substituents is 1. The Hall–Kier alpha value is -3.95. The molecule has 1 heterocycles. The fourth-order valence-electron chi connectivity index (χ4n) is 2.80. The van der Waals surface area contributed by atoms with Gasteiger partial charge in [-0.15, -0.1) is 5.01 Å². The number of hydrazone groups is 1. The van der Waals surface area contributed by atoms with Crippen molar-refractivity contribution in [2.75, 3.05) is 7.11 Å². The fourth-order valence-corrected chi connectivity index (χ4v) is 2.80. The van der Waals surface area contributed by atoms with E-state index in [-0.39, 0.29) is 11.3 Å². The van der Waals surface area contributed by atoms with Crippen LogP contribution in [-0.2, 0) is 10.3 Å². The van der Waals surface area contributed by atoms with Gasteiger partial charge in [0.2, 0.25) is 5.75 Å². The van der Waals surface area contributed by atoms with Gasteiger partial charge in [0, 0.05) is 11.6 Å². The van der Waals surface area contributed by atoms with Crippen LogP contribution in [0.3, 0.4) is 0 Å². The maximum atomic E-state index is 12.8. The predicted molar refractivity (Wildman–Crippen MR) is 98.1 cm³/mol. The molecule has 0 unspecified atom stereocenters. The zero-order valence-corrected chi connectivity index (χ0v) is 14.9. The number of hydrogen-bond donors (Lipinski definition) is 2. The number of benzene rings is 2. The first-order valence-corrected chi connectivity index (χ1v) is 8.09. The first-order chi connectivity index (χ1) is 13.3. The van der Waals surface area contributed by atoms with Crippen LogP contribution in [-0.4, -0.2) is 40.3 Å². The molecule has 1 fully saturated rings. The highest BCUT2D eigenvalue weighted by Crippen LogP contribution is 2.36. The highest BCUT2D eigenvalue weighted by molar-refractivity contribution is 6.07. The van der Waals surface area contributed by atoms with E-state index >= 15 is 0 Å². The van der Waals surface area contributed by atoms with Crippen molar-refractivity contribution in [2.45, 2.75) is 12.5 Å². The van der Waals surface area contributed by atoms with Gasteiger partial charge in [-0.3, -0.25) is 14.9 Å². The standard InChI is InChI=1S/C18H16N4O6/c1-18(12-6-4-3-5-7-12)16(24)21(17(25)20-18)19-10-11-8-13(22(26)27)15(23)14(9-11)28-2/h3-10,23H,1-2H3,(H,20,25)/b19-10+/t18-/m1/s1. The highest BCUT2D eigenvalue weighted by atomic mass is 16.6. The Morgan fingerprint density at radius 2 is 1.96 bits per heavy atom. The maximum absolute atomic E-state index is 12.8. The van der Waals surface area contributed by atoms with Gasteiger partial charge in [-0.05, 0) is 18.6 Å². The Balaban J connectivity index is 1.93. The number of nitrogens with zero attached hydrogens (tertiary/aromatic N) is 3. The van der Waals surface area contributed by atoms with E-state index in [0.29, 0.717) is 10.6 Å². The lowest BCUT2D eigenvalue weighted by Gasteiger charge is -2.20. The lowest BCUT2D eigenvalue weighted by atomic mass is 9.92. The lowest BCUT2D eigenvalue weighted by Crippen LogP contribution is -2.40. The molecule has 2 aromatic carbocycles. The summed E-state index contributed by atoms with van der Waals surface area (Å²) in [7, 11) is 1.24. The third-order valence-corrected chi connectivity index (χ3v) is 4.34. The van der Waals surface area contributed by atoms with Crippen molar-refractivity contribution < 1.29 is 24.4 Å². The number of rotatable bonds is 5. The second kappa shape index (κ2) is 6.99. The van der Waals surface area contributed by atoms with Gasteiger partial charge in [0.1, 0.15) is 5.54 Å². The summed E-state index contributed by atoms with van der Waals surface area (Å²) in [5.74, 6) is -1.36. The normalized spacial score (nSPS) is 19.1. The SMILES string of the molecule is COc1cc(/C=N/N2C(=O)N[C@](C)(c3ccccc3)C2=O)cc([N+](=O)[O-])c1O. The Bertz CT molecular complexity index is 991. The summed E-state index contributed by atoms with van der Waals surface area (Å²) in [6.45, 7) is 1.56. The molecule has 0 saturated carbocycles. The first-order valence-electron chi connectivity index (χ1n) is 8.09. The monoisotopic (exact) mass is 384 g/mol. The van der Waals surface area contributed by atoms with E-state index in [9.17, 15) is 24.8 Å². The van der Waals surface area contributed by atoms with Gasteiger partial charge < -0.3 is 15.2 Å². The predicted octanol–water partition coefficient (Wildman–Crippen LogP) is 2.11. The molecule has 3 rings (SSSR count). The number of methoxy groups -OCH3 is 1. The molecule has 0 spiro atoms. The van der Waals surface area contributed by atoms with Crippen LogP contribution in [0.25, 0.3) is 0 Å². The van der Waals surface area contributed by atoms with Crippen molar-refractivity contribution in [2.24, 2.45) is 5.10 Å². The third-order valence-electron chi connectivity index (χ3n) is 4.34. The van der Waals surface area contributed by atoms with E-state index in [0.717, 1.165) is 12.3 Å². The smallest absolute Gasteiger partial charge is 0.346 e. The summed E-state index contributed by atoms with van der Waals surface area (Å²) in [4.78, 5) is 35.3. The Morgan fingerprint density at radius 3 is 2.57 bits per heavy atom. The molecule has 144 valence electrons. The topological polar surface area (TPSA) is 134 Å². The number of carbonyl (C=O) groups is 2. The lowest BCUT2D eigenvalue weighted by molar-refractivity contribution is -0.386. The van der Waals surface area contributed by atoms with Crippen LogP contribution in [0.15, 0.2) is 47.6 Å². The molecule has 10 nitrogen and oxygen atoms in total. The summed E-state index contributed by atoms with van der Waals surface area (Å²) in [6.07, 6.45) is 1.10. The van der Waals surface area contributed by atoms with Gasteiger partial charge in [0.25, 0.3) is 5.91 Å². The summed E-state index contributed by atoms with van der Waals surface area (Å²) >= 11 is 0. The number of imide groups is 1. The average Bonchev–Trinajstić information content (AvgIpc) is 2.91. The number of urea groups is 1. The van der Waals surface area contributed by atoms with E-state index in [2.05, 4.69) is 10.4 Å². The minimum atomic E-state index is -1.28. The third kappa shape index (κ3) is 3.11. The number of carbonyl (C=O) groups excluding carboxylic acids is 2. The molecule has 10 heteroatoms. The van der Waals surface area contributed by atoms with E-state index in [1.165, 1.54) is 13.2 Å². The second-order valence-corrected chi connectivity index (χ2v) is 6.13. The Labute approximate surface area is 159 Å². The van der Waals surface area contributed by atoms with Crippen LogP contribution in [0.2, 0.25) is 0 Å². The molecule has 0 aliphatic carbocycles. The van der Waals surface area contributed by atoms with Crippen molar-refractivity contribution in [3.05, 3.63) is 63.7 Å². The molecule has 0 aromatic heterocycles. The van der Waals surface area contributed by atoms with Crippen LogP contribution in [0.1, 0.15) is 18.1 Å². The summed E-state index contributed by atoms with van der Waals surface area (Å²) in [5, 5.41) is 28.0. The average molecular weight is 384 g/mol. The van der Waals surface area contributed by atoms with E-state index in [4.69, 9.17) is 4.74 Å². The molecular formula is C18H16N4O6. The zero-order chi connectivity index (χ0) is 20.5. The van der Waals surface area contributed by atoms with Crippen LogP contribution >= 0.6 is 0 Å². The van der Waals surface area contributed by atoms with Gasteiger partial charge in [-0.1, -0.05) is 30.3 Å². The summed E-state index contributed by atoms with van der Waals surface area (Å²) in [5.41, 5.74) is -1.12. The minimum Gasteiger partial charge on any atom is -0.500 e. The van der Waals surface area contributed by atoms with Crippen molar-refractivity contribution in [3.63, 3.8) is 0 Å². The molecule has 28 heavy (non-hydrogen) atoms. The minimum absolute atomic E-state index is 0.137. The maximum Gasteiger partial charge on any atom is 0.346 e. The van der Waals surface area contributed by atoms with Gasteiger partial charge in [0.05, 0.1) is 18.2 Å². The number of nitro benzene ring substituents is 1. The zero-order valence-electron chi connectivity index (χ0n) is 14.9. The molecule has 2 N–H and O–H groups in total. The summed E-state index contributed by atoms with van der Waals surface area (Å²) in [6, 6.07) is 10.3. The van der Waals surface area contributed by atoms with Crippen molar-refractivity contribution >= 4 is 23.8 Å². The molecule has 1 aliphatic heterocycles. The number of nitro groups is 1. The highest BCUT2D eigenvalue weighted by Gasteiger charge is 2.49. The van der Waals surface area contributed by atoms with E-state index < -0.39 is 33.8 Å². The molecule has 1 atom stereocenters. The number of hydrogen-bond acceptors (Lipinski definition) is 7. The Morgan fingerprint density at radius 1 is 1.29 bits per heavy atom. The van der Waals surface area contributed by atoms with Gasteiger partial charge in [-0.2, -0.15) is 5.10 Å². The van der Waals surface area contributed by atoms with Crippen molar-refractivity contribution in [1.82, 2.24) is 10.3 Å². The fraction of sp³-hybridized carbons (Fsp3) is 0.167. The van der Waals surface area contributed by atoms with Crippen LogP contribution in [0, 0.1) is 10.1 Å². The molecular weight excluding hydrogens is 368 g/mol. The van der Waals surface area contributed by atoms with E-state index in [1.807, 2.05) is 0 Å². The molecule has 1 aliphatic rings. The number of phenols is 1. The van der Waals surface area contributed by atoms with Gasteiger partial charge in [0.15, 0.2) is 5.75 Å². The Kier molecular flexibility index (Phi) is 4.70. The van der Waals surface area contributed by atoms with E-state index in [1.54, 1.807) is 37.3 Å². The number of amides is 3. The van der Waals surface area contributed by atoms with Crippen molar-refractivity contribution in [1.29, 1.82) is 0 Å². The van der Waals surface area contributed by atoms with Gasteiger partial charge >= 0.3 is 11.7 Å². The quantitative estimate of drug-likeness (QED) is 0.351. The summed E-state index contributed by atoms with van der Waals surface area (Å²) < 4.78 is 4.91. The van der Waals surface area contributed by atoms with Gasteiger partial charge in [-0.25, -0.2) is 4.79 Å². The second-order valence-electron chi connectivity index (χ2n) is 6.13. The molecule has 2 aromatic rings. The molecule has 0 radical (unpaired) electrons. The van der Waals surface area contributed by atoms with Crippen molar-refractivity contribution in [3.8, 4) is 11.5 Å². The van der Waals surface area contributed by atoms with Crippen LogP contribution in [0.4, 0.5) is 10.5 Å². The first kappa shape index (κ1) is 18.8. The largest absolute Gasteiger partial charge is 0.500 e. The molecule has 3 amide bonds. The number of aromatic hydroxyl groups is 1. The van der Waals surface area contributed by atoms with Crippen LogP contribution in [0.5, 0.6) is 11.5 Å². The molecule has 1 saturated heterocycles. The van der Waals surface area contributed by atoms with Crippen LogP contribution < -0.4 is 10.1 Å².